The SMILES string of the molecule is CC(=O)Nc1cccc(C(=O)N/N=C/c2ccccc2)c1. The Balaban J connectivity index is 2.00. The molecule has 0 aliphatic rings. The molecule has 0 radical (unpaired) electrons. The summed E-state index contributed by atoms with van der Waals surface area (Å²) in [6, 6.07) is 16.1. The van der Waals surface area contributed by atoms with Crippen molar-refractivity contribution in [3.63, 3.8) is 0 Å². The maximum atomic E-state index is 11.9. The Morgan fingerprint density at radius 1 is 1.05 bits per heavy atom. The molecule has 0 aliphatic heterocycles. The lowest BCUT2D eigenvalue weighted by atomic mass is 10.2. The summed E-state index contributed by atoms with van der Waals surface area (Å²) in [5.41, 5.74) is 4.33. The van der Waals surface area contributed by atoms with Crippen LogP contribution in [0.4, 0.5) is 5.69 Å². The number of rotatable bonds is 4. The molecule has 0 atom stereocenters. The summed E-state index contributed by atoms with van der Waals surface area (Å²) in [4.78, 5) is 22.9. The number of nitrogens with one attached hydrogen (secondary N) is 2. The zero-order valence-electron chi connectivity index (χ0n) is 11.5. The van der Waals surface area contributed by atoms with Gasteiger partial charge in [-0.05, 0) is 23.8 Å². The normalized spacial score (nSPS) is 10.3. The van der Waals surface area contributed by atoms with Gasteiger partial charge in [0.25, 0.3) is 5.91 Å². The number of hydrazone groups is 1. The Morgan fingerprint density at radius 2 is 1.81 bits per heavy atom. The molecule has 106 valence electrons. The number of hydrogen-bond acceptors (Lipinski definition) is 3. The average molecular weight is 281 g/mol. The van der Waals surface area contributed by atoms with Crippen molar-refractivity contribution in [1.82, 2.24) is 5.43 Å². The highest BCUT2D eigenvalue weighted by Crippen LogP contribution is 2.10. The van der Waals surface area contributed by atoms with Crippen LogP contribution in [0.2, 0.25) is 0 Å². The minimum absolute atomic E-state index is 0.186. The van der Waals surface area contributed by atoms with Crippen LogP contribution in [-0.4, -0.2) is 18.0 Å². The van der Waals surface area contributed by atoms with Crippen molar-refractivity contribution >= 4 is 23.7 Å². The summed E-state index contributed by atoms with van der Waals surface area (Å²) in [5.74, 6) is -0.524. The van der Waals surface area contributed by atoms with Crippen molar-refractivity contribution in [2.75, 3.05) is 5.32 Å². The summed E-state index contributed by atoms with van der Waals surface area (Å²) in [5, 5.41) is 6.52. The molecule has 2 aromatic rings. The van der Waals surface area contributed by atoms with Gasteiger partial charge >= 0.3 is 0 Å². The van der Waals surface area contributed by atoms with Crippen LogP contribution in [0.25, 0.3) is 0 Å². The van der Waals surface area contributed by atoms with E-state index in [0.717, 1.165) is 5.56 Å². The predicted molar refractivity (Wildman–Crippen MR) is 82.2 cm³/mol. The van der Waals surface area contributed by atoms with Crippen LogP contribution in [0.1, 0.15) is 22.8 Å². The quantitative estimate of drug-likeness (QED) is 0.667. The summed E-state index contributed by atoms with van der Waals surface area (Å²) < 4.78 is 0. The molecule has 0 aromatic heterocycles. The second-order valence-electron chi connectivity index (χ2n) is 4.37. The highest BCUT2D eigenvalue weighted by Gasteiger charge is 2.05. The standard InChI is InChI=1S/C16H15N3O2/c1-12(20)18-15-9-5-8-14(10-15)16(21)19-17-11-13-6-3-2-4-7-13/h2-11H,1H3,(H,18,20)(H,19,21)/b17-11+. The fourth-order valence-electron chi connectivity index (χ4n) is 1.71. The Hall–Kier alpha value is -2.95. The minimum Gasteiger partial charge on any atom is -0.326 e. The lowest BCUT2D eigenvalue weighted by Gasteiger charge is -2.04. The van der Waals surface area contributed by atoms with E-state index in [0.29, 0.717) is 11.3 Å². The van der Waals surface area contributed by atoms with Gasteiger partial charge in [0.1, 0.15) is 0 Å². The van der Waals surface area contributed by atoms with E-state index in [-0.39, 0.29) is 11.8 Å². The molecule has 21 heavy (non-hydrogen) atoms. The van der Waals surface area contributed by atoms with Gasteiger partial charge in [-0.1, -0.05) is 36.4 Å². The Kier molecular flexibility index (Phi) is 4.82. The van der Waals surface area contributed by atoms with Crippen LogP contribution in [0, 0.1) is 0 Å². The van der Waals surface area contributed by atoms with Crippen molar-refractivity contribution in [3.05, 3.63) is 65.7 Å². The number of anilines is 1. The number of carbonyl (C=O) groups is 2. The third-order valence-electron chi connectivity index (χ3n) is 2.62. The van der Waals surface area contributed by atoms with E-state index in [1.54, 1.807) is 30.5 Å². The van der Waals surface area contributed by atoms with E-state index < -0.39 is 0 Å². The summed E-state index contributed by atoms with van der Waals surface area (Å²) in [6.07, 6.45) is 1.57. The van der Waals surface area contributed by atoms with Gasteiger partial charge in [-0.25, -0.2) is 5.43 Å². The van der Waals surface area contributed by atoms with Crippen molar-refractivity contribution in [1.29, 1.82) is 0 Å². The smallest absolute Gasteiger partial charge is 0.271 e. The fraction of sp³-hybridized carbons (Fsp3) is 0.0625. The number of nitrogens with zero attached hydrogens (tertiary/aromatic N) is 1. The van der Waals surface area contributed by atoms with Gasteiger partial charge in [-0.3, -0.25) is 9.59 Å². The fourth-order valence-corrected chi connectivity index (χ4v) is 1.71. The van der Waals surface area contributed by atoms with E-state index in [2.05, 4.69) is 15.8 Å². The van der Waals surface area contributed by atoms with Crippen molar-refractivity contribution in [2.24, 2.45) is 5.10 Å². The molecule has 2 rings (SSSR count). The molecule has 2 aromatic carbocycles. The monoisotopic (exact) mass is 281 g/mol. The van der Waals surface area contributed by atoms with Gasteiger partial charge in [-0.15, -0.1) is 0 Å². The van der Waals surface area contributed by atoms with E-state index in [1.807, 2.05) is 30.3 Å². The van der Waals surface area contributed by atoms with Crippen LogP contribution in [-0.2, 0) is 4.79 Å². The Labute approximate surface area is 122 Å². The lowest BCUT2D eigenvalue weighted by Crippen LogP contribution is -2.18. The first-order valence-corrected chi connectivity index (χ1v) is 6.41. The van der Waals surface area contributed by atoms with Gasteiger partial charge < -0.3 is 5.32 Å². The number of amides is 2. The van der Waals surface area contributed by atoms with E-state index in [9.17, 15) is 9.59 Å². The molecule has 5 nitrogen and oxygen atoms in total. The van der Waals surface area contributed by atoms with Crippen molar-refractivity contribution in [3.8, 4) is 0 Å². The molecule has 0 heterocycles. The van der Waals surface area contributed by atoms with Crippen LogP contribution in [0.15, 0.2) is 59.7 Å². The molecule has 5 heteroatoms. The molecule has 0 unspecified atom stereocenters. The second-order valence-corrected chi connectivity index (χ2v) is 4.37. The molecule has 0 saturated carbocycles. The largest absolute Gasteiger partial charge is 0.326 e. The molecule has 0 bridgehead atoms. The predicted octanol–water partition coefficient (Wildman–Crippen LogP) is 2.41. The summed E-state index contributed by atoms with van der Waals surface area (Å²) >= 11 is 0. The highest BCUT2D eigenvalue weighted by atomic mass is 16.2. The van der Waals surface area contributed by atoms with E-state index in [1.165, 1.54) is 6.92 Å². The average Bonchev–Trinajstić information content (AvgIpc) is 2.48. The van der Waals surface area contributed by atoms with Gasteiger partial charge in [0.2, 0.25) is 5.91 Å². The van der Waals surface area contributed by atoms with Crippen LogP contribution in [0.3, 0.4) is 0 Å². The zero-order valence-corrected chi connectivity index (χ0v) is 11.5. The maximum Gasteiger partial charge on any atom is 0.271 e. The van der Waals surface area contributed by atoms with Crippen LogP contribution >= 0.6 is 0 Å². The zero-order chi connectivity index (χ0) is 15.1. The number of carbonyl (C=O) groups excluding carboxylic acids is 2. The first-order chi connectivity index (χ1) is 10.1. The highest BCUT2D eigenvalue weighted by molar-refractivity contribution is 5.97. The molecular formula is C16H15N3O2. The van der Waals surface area contributed by atoms with Crippen molar-refractivity contribution in [2.45, 2.75) is 6.92 Å². The Bertz CT molecular complexity index is 666. The molecule has 0 spiro atoms. The molecule has 2 amide bonds. The lowest BCUT2D eigenvalue weighted by molar-refractivity contribution is -0.114. The van der Waals surface area contributed by atoms with Crippen LogP contribution < -0.4 is 10.7 Å². The third-order valence-corrected chi connectivity index (χ3v) is 2.62. The first-order valence-electron chi connectivity index (χ1n) is 6.41. The van der Waals surface area contributed by atoms with Crippen LogP contribution in [0.5, 0.6) is 0 Å². The minimum atomic E-state index is -0.339. The summed E-state index contributed by atoms with van der Waals surface area (Å²) in [7, 11) is 0. The number of benzene rings is 2. The maximum absolute atomic E-state index is 11.9. The van der Waals surface area contributed by atoms with Crippen molar-refractivity contribution < 1.29 is 9.59 Å². The molecule has 2 N–H and O–H groups in total. The molecule has 0 saturated heterocycles. The Morgan fingerprint density at radius 3 is 2.52 bits per heavy atom. The van der Waals surface area contributed by atoms with Gasteiger partial charge in [0, 0.05) is 18.2 Å². The summed E-state index contributed by atoms with van der Waals surface area (Å²) in [6.45, 7) is 1.41. The van der Waals surface area contributed by atoms with Gasteiger partial charge in [0.05, 0.1) is 6.21 Å². The first kappa shape index (κ1) is 14.5. The van der Waals surface area contributed by atoms with Gasteiger partial charge in [0.15, 0.2) is 0 Å². The molecular weight excluding hydrogens is 266 g/mol. The van der Waals surface area contributed by atoms with E-state index >= 15 is 0 Å². The molecule has 0 aliphatic carbocycles. The van der Waals surface area contributed by atoms with E-state index in [4.69, 9.17) is 0 Å². The van der Waals surface area contributed by atoms with Gasteiger partial charge in [-0.2, -0.15) is 5.10 Å². The topological polar surface area (TPSA) is 70.6 Å². The second kappa shape index (κ2) is 7.00. The molecule has 0 fully saturated rings. The third kappa shape index (κ3) is 4.58. The number of hydrogen-bond donors (Lipinski definition) is 2.